The summed E-state index contributed by atoms with van der Waals surface area (Å²) in [5.41, 5.74) is 0. The summed E-state index contributed by atoms with van der Waals surface area (Å²) in [6.45, 7) is 11.9. The molecule has 1 atom stereocenters. The number of methoxy groups -OCH3 is 1. The van der Waals surface area contributed by atoms with Gasteiger partial charge in [0.2, 0.25) is 0 Å². The molecule has 0 aliphatic carbocycles. The topological polar surface area (TPSA) is 58.6 Å². The minimum Gasteiger partial charge on any atom is -0.382 e. The zero-order valence-corrected chi connectivity index (χ0v) is 15.3. The molecule has 2 rings (SSSR count). The second-order valence-corrected chi connectivity index (χ2v) is 6.23. The average molecular weight is 342 g/mol. The van der Waals surface area contributed by atoms with Crippen LogP contribution in [0.15, 0.2) is 4.99 Å². The first-order chi connectivity index (χ1) is 11.8. The number of rotatable bonds is 9. The number of nitrogens with one attached hydrogen (secondary N) is 1. The maximum absolute atomic E-state index is 5.49. The second kappa shape index (κ2) is 11.6. The van der Waals surface area contributed by atoms with Gasteiger partial charge in [-0.1, -0.05) is 0 Å². The van der Waals surface area contributed by atoms with Crippen LogP contribution in [0.5, 0.6) is 0 Å². The van der Waals surface area contributed by atoms with Crippen molar-refractivity contribution in [2.24, 2.45) is 4.99 Å². The van der Waals surface area contributed by atoms with Gasteiger partial charge in [-0.25, -0.2) is 0 Å². The van der Waals surface area contributed by atoms with Gasteiger partial charge in [0.05, 0.1) is 26.4 Å². The Bertz CT molecular complexity index is 362. The summed E-state index contributed by atoms with van der Waals surface area (Å²) < 4.78 is 15.9. The summed E-state index contributed by atoms with van der Waals surface area (Å²) in [5, 5.41) is 3.43. The predicted molar refractivity (Wildman–Crippen MR) is 95.7 cm³/mol. The highest BCUT2D eigenvalue weighted by Gasteiger charge is 2.30. The molecule has 2 fully saturated rings. The summed E-state index contributed by atoms with van der Waals surface area (Å²) in [6.07, 6.45) is 2.16. The highest BCUT2D eigenvalue weighted by atomic mass is 16.5. The van der Waals surface area contributed by atoms with Crippen molar-refractivity contribution in [1.29, 1.82) is 0 Å². The van der Waals surface area contributed by atoms with Crippen LogP contribution in [0.2, 0.25) is 0 Å². The third-order valence-corrected chi connectivity index (χ3v) is 4.50. The minimum atomic E-state index is 0.634. The van der Waals surface area contributed by atoms with E-state index in [2.05, 4.69) is 22.0 Å². The molecule has 0 aromatic rings. The van der Waals surface area contributed by atoms with Crippen LogP contribution in [0.1, 0.15) is 19.8 Å². The molecular formula is C17H34N4O3. The molecule has 2 saturated heterocycles. The molecule has 7 nitrogen and oxygen atoms in total. The van der Waals surface area contributed by atoms with Crippen LogP contribution in [0.4, 0.5) is 0 Å². The van der Waals surface area contributed by atoms with Crippen LogP contribution < -0.4 is 5.32 Å². The van der Waals surface area contributed by atoms with Gasteiger partial charge in [0.1, 0.15) is 0 Å². The smallest absolute Gasteiger partial charge is 0.193 e. The molecular weight excluding hydrogens is 308 g/mol. The fourth-order valence-electron chi connectivity index (χ4n) is 3.20. The summed E-state index contributed by atoms with van der Waals surface area (Å²) >= 11 is 0. The number of nitrogens with zero attached hydrogens (tertiary/aromatic N) is 3. The van der Waals surface area contributed by atoms with Crippen LogP contribution in [0.3, 0.4) is 0 Å². The zero-order chi connectivity index (χ0) is 17.0. The quantitative estimate of drug-likeness (QED) is 0.372. The molecule has 0 aromatic carbocycles. The Morgan fingerprint density at radius 3 is 2.79 bits per heavy atom. The SMILES string of the molecule is CCNC(=NCCCOCCOC)N1CCC(N2CCOCC2)C1. The van der Waals surface area contributed by atoms with E-state index >= 15 is 0 Å². The molecule has 0 bridgehead atoms. The van der Waals surface area contributed by atoms with Gasteiger partial charge < -0.3 is 24.4 Å². The molecule has 0 spiro atoms. The summed E-state index contributed by atoms with van der Waals surface area (Å²) in [6, 6.07) is 0.634. The van der Waals surface area contributed by atoms with Crippen molar-refractivity contribution in [3.63, 3.8) is 0 Å². The molecule has 0 aromatic heterocycles. The molecule has 1 N–H and O–H groups in total. The Hall–Kier alpha value is -0.890. The van der Waals surface area contributed by atoms with Gasteiger partial charge in [0.15, 0.2) is 5.96 Å². The first-order valence-corrected chi connectivity index (χ1v) is 9.27. The van der Waals surface area contributed by atoms with Gasteiger partial charge in [-0.2, -0.15) is 0 Å². The number of likely N-dealkylation sites (tertiary alicyclic amines) is 1. The van der Waals surface area contributed by atoms with Gasteiger partial charge in [0.25, 0.3) is 0 Å². The molecule has 0 amide bonds. The summed E-state index contributed by atoms with van der Waals surface area (Å²) in [4.78, 5) is 9.73. The monoisotopic (exact) mass is 342 g/mol. The Balaban J connectivity index is 1.72. The summed E-state index contributed by atoms with van der Waals surface area (Å²) in [7, 11) is 1.69. The lowest BCUT2D eigenvalue weighted by Crippen LogP contribution is -2.46. The van der Waals surface area contributed by atoms with E-state index in [1.807, 2.05) is 0 Å². The van der Waals surface area contributed by atoms with Crippen LogP contribution >= 0.6 is 0 Å². The van der Waals surface area contributed by atoms with Crippen molar-refractivity contribution in [3.8, 4) is 0 Å². The highest BCUT2D eigenvalue weighted by molar-refractivity contribution is 5.80. The first-order valence-electron chi connectivity index (χ1n) is 9.27. The molecule has 0 saturated carbocycles. The van der Waals surface area contributed by atoms with E-state index in [4.69, 9.17) is 19.2 Å². The summed E-state index contributed by atoms with van der Waals surface area (Å²) in [5.74, 6) is 1.05. The zero-order valence-electron chi connectivity index (χ0n) is 15.3. The fraction of sp³-hybridized carbons (Fsp3) is 0.941. The van der Waals surface area contributed by atoms with Gasteiger partial charge in [-0.15, -0.1) is 0 Å². The van der Waals surface area contributed by atoms with Crippen LogP contribution in [0.25, 0.3) is 0 Å². The van der Waals surface area contributed by atoms with E-state index in [0.717, 1.165) is 71.5 Å². The maximum Gasteiger partial charge on any atom is 0.193 e. The van der Waals surface area contributed by atoms with E-state index in [-0.39, 0.29) is 0 Å². The number of hydrogen-bond donors (Lipinski definition) is 1. The third-order valence-electron chi connectivity index (χ3n) is 4.50. The van der Waals surface area contributed by atoms with Gasteiger partial charge >= 0.3 is 0 Å². The number of aliphatic imine (C=N–C) groups is 1. The number of ether oxygens (including phenoxy) is 3. The van der Waals surface area contributed by atoms with E-state index in [1.54, 1.807) is 7.11 Å². The Labute approximate surface area is 146 Å². The lowest BCUT2D eigenvalue weighted by atomic mass is 10.2. The van der Waals surface area contributed by atoms with Gasteiger partial charge in [0, 0.05) is 59.0 Å². The molecule has 0 radical (unpaired) electrons. The maximum atomic E-state index is 5.49. The van der Waals surface area contributed by atoms with Crippen LogP contribution in [0, 0.1) is 0 Å². The van der Waals surface area contributed by atoms with E-state index in [0.29, 0.717) is 19.3 Å². The molecule has 2 aliphatic heterocycles. The van der Waals surface area contributed by atoms with Crippen molar-refractivity contribution in [1.82, 2.24) is 15.1 Å². The van der Waals surface area contributed by atoms with E-state index in [9.17, 15) is 0 Å². The lowest BCUT2D eigenvalue weighted by molar-refractivity contribution is 0.0195. The van der Waals surface area contributed by atoms with E-state index in [1.165, 1.54) is 6.42 Å². The van der Waals surface area contributed by atoms with Crippen molar-refractivity contribution in [2.45, 2.75) is 25.8 Å². The van der Waals surface area contributed by atoms with Crippen molar-refractivity contribution < 1.29 is 14.2 Å². The predicted octanol–water partition coefficient (Wildman–Crippen LogP) is 0.412. The van der Waals surface area contributed by atoms with Crippen molar-refractivity contribution in [3.05, 3.63) is 0 Å². The standard InChI is InChI=1S/C17H34N4O3/c1-3-18-17(19-6-4-10-23-14-13-22-2)21-7-5-16(15-21)20-8-11-24-12-9-20/h16H,3-15H2,1-2H3,(H,18,19). The number of guanidine groups is 1. The molecule has 2 aliphatic rings. The van der Waals surface area contributed by atoms with Crippen LogP contribution in [-0.4, -0.2) is 101 Å². The molecule has 2 heterocycles. The number of hydrogen-bond acceptors (Lipinski definition) is 5. The normalized spacial score (nSPS) is 23.0. The van der Waals surface area contributed by atoms with Crippen molar-refractivity contribution >= 4 is 5.96 Å². The molecule has 7 heteroatoms. The Morgan fingerprint density at radius 1 is 1.21 bits per heavy atom. The highest BCUT2D eigenvalue weighted by Crippen LogP contribution is 2.17. The third kappa shape index (κ3) is 6.55. The van der Waals surface area contributed by atoms with Gasteiger partial charge in [-0.05, 0) is 19.8 Å². The minimum absolute atomic E-state index is 0.634. The van der Waals surface area contributed by atoms with E-state index < -0.39 is 0 Å². The van der Waals surface area contributed by atoms with Crippen LogP contribution in [-0.2, 0) is 14.2 Å². The van der Waals surface area contributed by atoms with Crippen molar-refractivity contribution in [2.75, 3.05) is 79.4 Å². The second-order valence-electron chi connectivity index (χ2n) is 6.23. The molecule has 24 heavy (non-hydrogen) atoms. The first kappa shape index (κ1) is 19.4. The lowest BCUT2D eigenvalue weighted by Gasteiger charge is -2.32. The Morgan fingerprint density at radius 2 is 2.04 bits per heavy atom. The fourth-order valence-corrected chi connectivity index (χ4v) is 3.20. The Kier molecular flexibility index (Phi) is 9.42. The average Bonchev–Trinajstić information content (AvgIpc) is 3.11. The largest absolute Gasteiger partial charge is 0.382 e. The number of morpholine rings is 1. The van der Waals surface area contributed by atoms with Gasteiger partial charge in [-0.3, -0.25) is 9.89 Å². The molecule has 140 valence electrons. The molecule has 1 unspecified atom stereocenters.